The first-order valence-electron chi connectivity index (χ1n) is 6.97. The van der Waals surface area contributed by atoms with E-state index in [-0.39, 0.29) is 17.4 Å². The predicted octanol–water partition coefficient (Wildman–Crippen LogP) is 1.33. The number of aromatic nitrogens is 1. The van der Waals surface area contributed by atoms with E-state index < -0.39 is 5.54 Å². The lowest BCUT2D eigenvalue weighted by Gasteiger charge is -2.57. The summed E-state index contributed by atoms with van der Waals surface area (Å²) in [5, 5.41) is 4.92. The van der Waals surface area contributed by atoms with Gasteiger partial charge in [-0.25, -0.2) is 4.98 Å². The highest BCUT2D eigenvalue weighted by atomic mass is 32.1. The molecular weight excluding hydrogens is 274 g/mol. The second kappa shape index (κ2) is 5.79. The first-order valence-corrected chi connectivity index (χ1v) is 7.92. The van der Waals surface area contributed by atoms with Gasteiger partial charge in [-0.2, -0.15) is 0 Å². The summed E-state index contributed by atoms with van der Waals surface area (Å²) in [5.41, 5.74) is 7.92. The number of rotatable bonds is 6. The number of hydrogen-bond donors (Lipinski definition) is 2. The molecule has 0 saturated heterocycles. The van der Waals surface area contributed by atoms with E-state index in [0.29, 0.717) is 19.6 Å². The zero-order valence-electron chi connectivity index (χ0n) is 12.3. The molecule has 6 heteroatoms. The number of nitrogens with two attached hydrogens (primary N) is 1. The SMILES string of the molecule is CCOC1CC(N)(C(=O)NCCc2cscn2)C1(C)C. The van der Waals surface area contributed by atoms with Crippen molar-refractivity contribution in [1.82, 2.24) is 10.3 Å². The van der Waals surface area contributed by atoms with Crippen LogP contribution in [-0.4, -0.2) is 35.7 Å². The van der Waals surface area contributed by atoms with Gasteiger partial charge in [-0.05, 0) is 6.92 Å². The van der Waals surface area contributed by atoms with Gasteiger partial charge in [0.1, 0.15) is 5.54 Å². The highest BCUT2D eigenvalue weighted by Gasteiger charge is 2.62. The van der Waals surface area contributed by atoms with E-state index >= 15 is 0 Å². The fourth-order valence-corrected chi connectivity index (χ4v) is 3.24. The van der Waals surface area contributed by atoms with E-state index in [9.17, 15) is 4.79 Å². The summed E-state index contributed by atoms with van der Waals surface area (Å²) in [6, 6.07) is 0. The molecule has 0 aromatic carbocycles. The van der Waals surface area contributed by atoms with Crippen molar-refractivity contribution in [2.45, 2.75) is 45.3 Å². The van der Waals surface area contributed by atoms with Gasteiger partial charge >= 0.3 is 0 Å². The van der Waals surface area contributed by atoms with Crippen molar-refractivity contribution in [3.05, 3.63) is 16.6 Å². The van der Waals surface area contributed by atoms with Gasteiger partial charge in [0.25, 0.3) is 0 Å². The van der Waals surface area contributed by atoms with Crippen molar-refractivity contribution in [3.8, 4) is 0 Å². The first-order chi connectivity index (χ1) is 9.41. The number of nitrogens with one attached hydrogen (secondary N) is 1. The number of amides is 1. The van der Waals surface area contributed by atoms with Crippen LogP contribution in [0, 0.1) is 5.41 Å². The van der Waals surface area contributed by atoms with Crippen LogP contribution in [-0.2, 0) is 16.0 Å². The Morgan fingerprint density at radius 1 is 1.65 bits per heavy atom. The fraction of sp³-hybridized carbons (Fsp3) is 0.714. The van der Waals surface area contributed by atoms with Gasteiger partial charge in [0.2, 0.25) is 5.91 Å². The summed E-state index contributed by atoms with van der Waals surface area (Å²) < 4.78 is 5.63. The number of hydrogen-bond acceptors (Lipinski definition) is 5. The molecule has 1 fully saturated rings. The lowest BCUT2D eigenvalue weighted by Crippen LogP contribution is -2.75. The average Bonchev–Trinajstić information content (AvgIpc) is 2.91. The minimum absolute atomic E-state index is 0.0572. The Balaban J connectivity index is 1.86. The van der Waals surface area contributed by atoms with E-state index in [2.05, 4.69) is 10.3 Å². The zero-order chi connectivity index (χ0) is 14.8. The minimum atomic E-state index is -0.838. The van der Waals surface area contributed by atoms with Crippen LogP contribution < -0.4 is 11.1 Å². The quantitative estimate of drug-likeness (QED) is 0.830. The van der Waals surface area contributed by atoms with Gasteiger partial charge in [-0.1, -0.05) is 13.8 Å². The molecule has 1 saturated carbocycles. The van der Waals surface area contributed by atoms with Crippen LogP contribution in [0.15, 0.2) is 10.9 Å². The van der Waals surface area contributed by atoms with Crippen molar-refractivity contribution in [2.24, 2.45) is 11.1 Å². The van der Waals surface area contributed by atoms with Crippen LogP contribution in [0.25, 0.3) is 0 Å². The summed E-state index contributed by atoms with van der Waals surface area (Å²) in [6.45, 7) is 7.17. The van der Waals surface area contributed by atoms with Crippen molar-refractivity contribution in [1.29, 1.82) is 0 Å². The van der Waals surface area contributed by atoms with Gasteiger partial charge in [-0.3, -0.25) is 4.79 Å². The molecule has 1 amide bonds. The third kappa shape index (κ3) is 2.60. The molecule has 0 spiro atoms. The third-order valence-electron chi connectivity index (χ3n) is 4.39. The molecule has 2 rings (SSSR count). The predicted molar refractivity (Wildman–Crippen MR) is 79.6 cm³/mol. The van der Waals surface area contributed by atoms with Gasteiger partial charge in [0.15, 0.2) is 0 Å². The maximum absolute atomic E-state index is 12.3. The average molecular weight is 297 g/mol. The molecule has 1 aromatic rings. The summed E-state index contributed by atoms with van der Waals surface area (Å²) in [6.07, 6.45) is 1.37. The van der Waals surface area contributed by atoms with Gasteiger partial charge in [0.05, 0.1) is 17.3 Å². The molecule has 1 aliphatic carbocycles. The summed E-state index contributed by atoms with van der Waals surface area (Å²) in [5.74, 6) is -0.0892. The molecule has 0 radical (unpaired) electrons. The van der Waals surface area contributed by atoms with E-state index in [1.54, 1.807) is 16.8 Å². The molecule has 2 atom stereocenters. The topological polar surface area (TPSA) is 77.2 Å². The number of carbonyl (C=O) groups is 1. The summed E-state index contributed by atoms with van der Waals surface area (Å²) in [7, 11) is 0. The summed E-state index contributed by atoms with van der Waals surface area (Å²) in [4.78, 5) is 16.5. The van der Waals surface area contributed by atoms with Crippen LogP contribution >= 0.6 is 11.3 Å². The maximum atomic E-state index is 12.3. The van der Waals surface area contributed by atoms with Crippen molar-refractivity contribution < 1.29 is 9.53 Å². The molecule has 5 nitrogen and oxygen atoms in total. The molecule has 0 bridgehead atoms. The normalized spacial score (nSPS) is 27.9. The molecule has 1 heterocycles. The number of nitrogens with zero attached hydrogens (tertiary/aromatic N) is 1. The minimum Gasteiger partial charge on any atom is -0.378 e. The molecular formula is C14H23N3O2S. The Morgan fingerprint density at radius 3 is 2.95 bits per heavy atom. The molecule has 1 aliphatic rings. The number of thiazole rings is 1. The Bertz CT molecular complexity index is 461. The van der Waals surface area contributed by atoms with Gasteiger partial charge in [-0.15, -0.1) is 11.3 Å². The number of ether oxygens (including phenoxy) is 1. The fourth-order valence-electron chi connectivity index (χ4n) is 2.64. The number of carbonyl (C=O) groups excluding carboxylic acids is 1. The lowest BCUT2D eigenvalue weighted by molar-refractivity contribution is -0.170. The molecule has 2 unspecified atom stereocenters. The van der Waals surface area contributed by atoms with E-state index in [0.717, 1.165) is 12.1 Å². The molecule has 0 aliphatic heterocycles. The lowest BCUT2D eigenvalue weighted by atomic mass is 9.54. The van der Waals surface area contributed by atoms with E-state index in [1.165, 1.54) is 0 Å². The van der Waals surface area contributed by atoms with Gasteiger partial charge in [0, 0.05) is 36.8 Å². The largest absolute Gasteiger partial charge is 0.378 e. The van der Waals surface area contributed by atoms with Crippen molar-refractivity contribution in [2.75, 3.05) is 13.2 Å². The Hall–Kier alpha value is -0.980. The van der Waals surface area contributed by atoms with Crippen LogP contribution in [0.1, 0.15) is 32.9 Å². The van der Waals surface area contributed by atoms with Crippen molar-refractivity contribution >= 4 is 17.2 Å². The van der Waals surface area contributed by atoms with Crippen LogP contribution in [0.2, 0.25) is 0 Å². The van der Waals surface area contributed by atoms with Crippen molar-refractivity contribution in [3.63, 3.8) is 0 Å². The second-order valence-corrected chi connectivity index (χ2v) is 6.55. The molecule has 1 aromatic heterocycles. The summed E-state index contributed by atoms with van der Waals surface area (Å²) >= 11 is 1.56. The second-order valence-electron chi connectivity index (χ2n) is 5.83. The first kappa shape index (κ1) is 15.4. The Labute approximate surface area is 123 Å². The van der Waals surface area contributed by atoms with Gasteiger partial charge < -0.3 is 15.8 Å². The Kier molecular flexibility index (Phi) is 4.46. The van der Waals surface area contributed by atoms with E-state index in [4.69, 9.17) is 10.5 Å². The van der Waals surface area contributed by atoms with E-state index in [1.807, 2.05) is 26.2 Å². The molecule has 112 valence electrons. The van der Waals surface area contributed by atoms with Crippen LogP contribution in [0.4, 0.5) is 0 Å². The molecule has 3 N–H and O–H groups in total. The highest BCUT2D eigenvalue weighted by Crippen LogP contribution is 2.49. The highest BCUT2D eigenvalue weighted by molar-refractivity contribution is 7.07. The monoisotopic (exact) mass is 297 g/mol. The zero-order valence-corrected chi connectivity index (χ0v) is 13.1. The maximum Gasteiger partial charge on any atom is 0.240 e. The Morgan fingerprint density at radius 2 is 2.40 bits per heavy atom. The smallest absolute Gasteiger partial charge is 0.240 e. The molecule has 20 heavy (non-hydrogen) atoms. The van der Waals surface area contributed by atoms with Crippen LogP contribution in [0.3, 0.4) is 0 Å². The van der Waals surface area contributed by atoms with Crippen LogP contribution in [0.5, 0.6) is 0 Å². The third-order valence-corrected chi connectivity index (χ3v) is 5.02. The standard InChI is InChI=1S/C14H23N3O2S/c1-4-19-11-7-14(15,13(11,2)3)12(18)16-6-5-10-8-20-9-17-10/h8-9,11H,4-7,15H2,1-3H3,(H,16,18).